The van der Waals surface area contributed by atoms with Crippen molar-refractivity contribution in [2.75, 3.05) is 70.2 Å². The quantitative estimate of drug-likeness (QED) is 0.454. The minimum atomic E-state index is 0.708. The van der Waals surface area contributed by atoms with Gasteiger partial charge in [-0.25, -0.2) is 9.50 Å². The molecule has 35 heavy (non-hydrogen) atoms. The molecule has 0 atom stereocenters. The lowest BCUT2D eigenvalue weighted by Crippen LogP contribution is -2.52. The molecule has 0 spiro atoms. The number of aromatic nitrogens is 4. The normalized spacial score (nSPS) is 18.5. The predicted molar refractivity (Wildman–Crippen MR) is 142 cm³/mol. The fraction of sp³-hybridized carbons (Fsp3) is 0.444. The number of hydrogen-bond donors (Lipinski definition) is 0. The fourth-order valence-corrected chi connectivity index (χ4v) is 5.54. The number of anilines is 2. The van der Waals surface area contributed by atoms with Crippen LogP contribution in [-0.2, 0) is 0 Å². The Morgan fingerprint density at radius 2 is 1.69 bits per heavy atom. The molecule has 0 radical (unpaired) electrons. The second kappa shape index (κ2) is 9.09. The van der Waals surface area contributed by atoms with Crippen molar-refractivity contribution in [1.82, 2.24) is 29.4 Å². The average molecular weight is 471 g/mol. The predicted octanol–water partition coefficient (Wildman–Crippen LogP) is 3.23. The maximum absolute atomic E-state index is 4.89. The summed E-state index contributed by atoms with van der Waals surface area (Å²) in [7, 11) is 6.34. The van der Waals surface area contributed by atoms with E-state index in [1.807, 2.05) is 23.1 Å². The molecule has 2 aliphatic rings. The SMILES string of the molecule is CN1CCN(C2CCN(c3cnc4c(-c5ccnc6ccc(N(C)C)cc56)cnn4c3)CC2)CC1. The van der Waals surface area contributed by atoms with Crippen molar-refractivity contribution in [1.29, 1.82) is 0 Å². The summed E-state index contributed by atoms with van der Waals surface area (Å²) in [5.74, 6) is 0. The van der Waals surface area contributed by atoms with E-state index >= 15 is 0 Å². The van der Waals surface area contributed by atoms with Gasteiger partial charge in [0.25, 0.3) is 0 Å². The zero-order valence-electron chi connectivity index (χ0n) is 20.9. The first-order chi connectivity index (χ1) is 17.1. The van der Waals surface area contributed by atoms with E-state index in [0.717, 1.165) is 52.1 Å². The highest BCUT2D eigenvalue weighted by molar-refractivity contribution is 5.99. The van der Waals surface area contributed by atoms with Gasteiger partial charge >= 0.3 is 0 Å². The summed E-state index contributed by atoms with van der Waals surface area (Å²) in [5.41, 5.74) is 6.31. The van der Waals surface area contributed by atoms with Gasteiger partial charge < -0.3 is 14.7 Å². The molecule has 182 valence electrons. The van der Waals surface area contributed by atoms with Crippen LogP contribution >= 0.6 is 0 Å². The van der Waals surface area contributed by atoms with Crippen molar-refractivity contribution < 1.29 is 0 Å². The first kappa shape index (κ1) is 22.2. The molecule has 0 aliphatic carbocycles. The van der Waals surface area contributed by atoms with Crippen LogP contribution in [0.5, 0.6) is 0 Å². The molecule has 0 bridgehead atoms. The van der Waals surface area contributed by atoms with E-state index in [1.165, 1.54) is 39.0 Å². The molecule has 2 saturated heterocycles. The number of hydrogen-bond acceptors (Lipinski definition) is 7. The Morgan fingerprint density at radius 1 is 0.886 bits per heavy atom. The number of likely N-dealkylation sites (N-methyl/N-ethyl adjacent to an activating group) is 1. The van der Waals surface area contributed by atoms with Gasteiger partial charge in [0.2, 0.25) is 0 Å². The summed E-state index contributed by atoms with van der Waals surface area (Å²) >= 11 is 0. The van der Waals surface area contributed by atoms with Gasteiger partial charge in [-0.2, -0.15) is 5.10 Å². The highest BCUT2D eigenvalue weighted by atomic mass is 15.3. The lowest BCUT2D eigenvalue weighted by molar-refractivity contribution is 0.0982. The molecular weight excluding hydrogens is 436 g/mol. The number of pyridine rings is 1. The van der Waals surface area contributed by atoms with Gasteiger partial charge in [0, 0.05) is 82.2 Å². The van der Waals surface area contributed by atoms with Crippen molar-refractivity contribution >= 4 is 27.9 Å². The molecule has 5 heterocycles. The van der Waals surface area contributed by atoms with Crippen LogP contribution in [0.2, 0.25) is 0 Å². The molecular formula is C27H34N8. The Labute approximate surface area is 206 Å². The number of piperazine rings is 1. The maximum atomic E-state index is 4.89. The minimum absolute atomic E-state index is 0.708. The fourth-order valence-electron chi connectivity index (χ4n) is 5.54. The first-order valence-corrected chi connectivity index (χ1v) is 12.6. The lowest BCUT2D eigenvalue weighted by atomic mass is 10.0. The highest BCUT2D eigenvalue weighted by Gasteiger charge is 2.27. The van der Waals surface area contributed by atoms with Crippen LogP contribution < -0.4 is 9.80 Å². The monoisotopic (exact) mass is 470 g/mol. The van der Waals surface area contributed by atoms with E-state index in [0.29, 0.717) is 6.04 Å². The van der Waals surface area contributed by atoms with Crippen LogP contribution in [0.1, 0.15) is 12.8 Å². The molecule has 4 aromatic rings. The van der Waals surface area contributed by atoms with Crippen LogP contribution in [0.15, 0.2) is 49.1 Å². The summed E-state index contributed by atoms with van der Waals surface area (Å²) in [5, 5.41) is 5.81. The number of benzene rings is 1. The van der Waals surface area contributed by atoms with Gasteiger partial charge in [-0.05, 0) is 49.7 Å². The van der Waals surface area contributed by atoms with E-state index in [2.05, 4.69) is 76.2 Å². The zero-order chi connectivity index (χ0) is 23.9. The Hall–Kier alpha value is -3.23. The standard InChI is InChI=1S/C27H34N8/c1-31(2)21-4-5-26-24(16-21)23(6-9-28-26)25-18-30-35-19-22(17-29-27(25)35)33-10-7-20(8-11-33)34-14-12-32(3)13-15-34/h4-6,9,16-20H,7-8,10-15H2,1-3H3. The van der Waals surface area contributed by atoms with E-state index in [-0.39, 0.29) is 0 Å². The van der Waals surface area contributed by atoms with Gasteiger partial charge in [-0.3, -0.25) is 9.88 Å². The van der Waals surface area contributed by atoms with Gasteiger partial charge in [-0.15, -0.1) is 0 Å². The third-order valence-electron chi connectivity index (χ3n) is 7.76. The Balaban J connectivity index is 1.24. The van der Waals surface area contributed by atoms with E-state index < -0.39 is 0 Å². The molecule has 6 rings (SSSR count). The first-order valence-electron chi connectivity index (χ1n) is 12.6. The topological polar surface area (TPSA) is 56.0 Å². The number of rotatable bonds is 4. The molecule has 1 aromatic carbocycles. The van der Waals surface area contributed by atoms with Crippen molar-refractivity contribution in [3.8, 4) is 11.1 Å². The van der Waals surface area contributed by atoms with Crippen molar-refractivity contribution in [3.05, 3.63) is 49.1 Å². The van der Waals surface area contributed by atoms with Crippen LogP contribution in [0.3, 0.4) is 0 Å². The van der Waals surface area contributed by atoms with E-state index in [1.54, 1.807) is 0 Å². The molecule has 8 heteroatoms. The molecule has 2 fully saturated rings. The molecule has 3 aromatic heterocycles. The molecule has 0 saturated carbocycles. The summed E-state index contributed by atoms with van der Waals surface area (Å²) in [4.78, 5) is 19.2. The molecule has 0 amide bonds. The largest absolute Gasteiger partial charge is 0.378 e. The molecule has 0 N–H and O–H groups in total. The van der Waals surface area contributed by atoms with Gasteiger partial charge in [0.1, 0.15) is 0 Å². The zero-order valence-corrected chi connectivity index (χ0v) is 20.9. The van der Waals surface area contributed by atoms with Crippen LogP contribution in [0.25, 0.3) is 27.7 Å². The number of fused-ring (bicyclic) bond motifs is 2. The second-order valence-corrected chi connectivity index (χ2v) is 10.2. The third kappa shape index (κ3) is 4.21. The average Bonchev–Trinajstić information content (AvgIpc) is 3.31. The summed E-state index contributed by atoms with van der Waals surface area (Å²) < 4.78 is 1.93. The summed E-state index contributed by atoms with van der Waals surface area (Å²) in [6.45, 7) is 6.91. The summed E-state index contributed by atoms with van der Waals surface area (Å²) in [6, 6.07) is 9.15. The van der Waals surface area contributed by atoms with Crippen LogP contribution in [-0.4, -0.2) is 95.8 Å². The van der Waals surface area contributed by atoms with Gasteiger partial charge in [0.05, 0.1) is 29.8 Å². The second-order valence-electron chi connectivity index (χ2n) is 10.2. The smallest absolute Gasteiger partial charge is 0.162 e. The van der Waals surface area contributed by atoms with Gasteiger partial charge in [0.15, 0.2) is 5.65 Å². The van der Waals surface area contributed by atoms with Crippen molar-refractivity contribution in [2.24, 2.45) is 0 Å². The number of nitrogens with zero attached hydrogens (tertiary/aromatic N) is 8. The Morgan fingerprint density at radius 3 is 2.46 bits per heavy atom. The highest BCUT2D eigenvalue weighted by Crippen LogP contribution is 2.33. The van der Waals surface area contributed by atoms with E-state index in [4.69, 9.17) is 10.1 Å². The molecule has 2 aliphatic heterocycles. The van der Waals surface area contributed by atoms with Crippen LogP contribution in [0.4, 0.5) is 11.4 Å². The Kier molecular flexibility index (Phi) is 5.78. The van der Waals surface area contributed by atoms with E-state index in [9.17, 15) is 0 Å². The molecule has 0 unspecified atom stereocenters. The summed E-state index contributed by atoms with van der Waals surface area (Å²) in [6.07, 6.45) is 10.4. The molecule has 8 nitrogen and oxygen atoms in total. The van der Waals surface area contributed by atoms with Crippen molar-refractivity contribution in [2.45, 2.75) is 18.9 Å². The minimum Gasteiger partial charge on any atom is -0.378 e. The van der Waals surface area contributed by atoms with Crippen LogP contribution in [0, 0.1) is 0 Å². The number of piperidine rings is 1. The third-order valence-corrected chi connectivity index (χ3v) is 7.76. The van der Waals surface area contributed by atoms with Crippen molar-refractivity contribution in [3.63, 3.8) is 0 Å². The maximum Gasteiger partial charge on any atom is 0.162 e. The Bertz CT molecular complexity index is 1330. The lowest BCUT2D eigenvalue weighted by Gasteiger charge is -2.42. The van der Waals surface area contributed by atoms with Gasteiger partial charge in [-0.1, -0.05) is 0 Å².